The molecule has 0 spiro atoms. The molecule has 1 aliphatic carbocycles. The quantitative estimate of drug-likeness (QED) is 0.562. The molecule has 0 bridgehead atoms. The largest absolute Gasteiger partial charge is 0.326 e. The second-order valence-electron chi connectivity index (χ2n) is 2.37. The van der Waals surface area contributed by atoms with Gasteiger partial charge in [0.15, 0.2) is 0 Å². The zero-order valence-electron chi connectivity index (χ0n) is 5.36. The molecule has 0 amide bonds. The summed E-state index contributed by atoms with van der Waals surface area (Å²) in [5.41, 5.74) is 5.35. The van der Waals surface area contributed by atoms with Gasteiger partial charge in [-0.3, -0.25) is 0 Å². The Morgan fingerprint density at radius 3 is 1.80 bits per heavy atom. The molecule has 0 unspecified atom stereocenters. The van der Waals surface area contributed by atoms with Crippen molar-refractivity contribution in [2.75, 3.05) is 0 Å². The maximum absolute atomic E-state index is 10.5. The molecule has 0 heterocycles. The number of hydrogen-bond donors (Lipinski definition) is 2. The molecule has 0 aromatic heterocycles. The lowest BCUT2D eigenvalue weighted by Gasteiger charge is -2.30. The Bertz CT molecular complexity index is 203. The topological polar surface area (TPSA) is 86.2 Å². The van der Waals surface area contributed by atoms with Gasteiger partial charge in [0.05, 0.1) is 5.25 Å². The Labute approximate surface area is 66.4 Å². The van der Waals surface area contributed by atoms with Crippen LogP contribution in [0.3, 0.4) is 0 Å². The van der Waals surface area contributed by atoms with Crippen LogP contribution >= 0.6 is 12.4 Å². The van der Waals surface area contributed by atoms with Crippen LogP contribution in [0.25, 0.3) is 0 Å². The molecule has 0 radical (unpaired) electrons. The molecule has 0 saturated heterocycles. The molecule has 1 fully saturated rings. The Kier molecular flexibility index (Phi) is 3.09. The Balaban J connectivity index is 0.000000810. The first kappa shape index (κ1) is 10.2. The molecule has 4 nitrogen and oxygen atoms in total. The van der Waals surface area contributed by atoms with Crippen LogP contribution in [0, 0.1) is 0 Å². The highest BCUT2D eigenvalue weighted by molar-refractivity contribution is 7.89. The number of sulfonamides is 1. The van der Waals surface area contributed by atoms with Gasteiger partial charge in [-0.05, 0) is 12.8 Å². The summed E-state index contributed by atoms with van der Waals surface area (Å²) >= 11 is 0. The lowest BCUT2D eigenvalue weighted by molar-refractivity contribution is 0.409. The normalized spacial score (nSPS) is 32.2. The fourth-order valence-corrected chi connectivity index (χ4v) is 1.99. The second-order valence-corrected chi connectivity index (χ2v) is 4.15. The molecule has 10 heavy (non-hydrogen) atoms. The van der Waals surface area contributed by atoms with Gasteiger partial charge in [0, 0.05) is 6.04 Å². The van der Waals surface area contributed by atoms with Crippen molar-refractivity contribution >= 4 is 22.4 Å². The van der Waals surface area contributed by atoms with E-state index in [-0.39, 0.29) is 18.4 Å². The Morgan fingerprint density at radius 1 is 1.30 bits per heavy atom. The van der Waals surface area contributed by atoms with Crippen LogP contribution in [0.15, 0.2) is 0 Å². The molecule has 0 aliphatic heterocycles. The van der Waals surface area contributed by atoms with E-state index in [1.807, 2.05) is 0 Å². The Hall–Kier alpha value is 0.160. The van der Waals surface area contributed by atoms with Crippen molar-refractivity contribution in [2.24, 2.45) is 10.9 Å². The highest BCUT2D eigenvalue weighted by Crippen LogP contribution is 2.22. The van der Waals surface area contributed by atoms with Gasteiger partial charge in [-0.15, -0.1) is 12.4 Å². The number of nitrogens with two attached hydrogens (primary N) is 2. The van der Waals surface area contributed by atoms with Crippen LogP contribution in [0.2, 0.25) is 0 Å². The van der Waals surface area contributed by atoms with Crippen molar-refractivity contribution < 1.29 is 8.42 Å². The van der Waals surface area contributed by atoms with Crippen LogP contribution in [0.1, 0.15) is 12.8 Å². The van der Waals surface area contributed by atoms with E-state index in [0.717, 1.165) is 6.42 Å². The maximum atomic E-state index is 10.5. The summed E-state index contributed by atoms with van der Waals surface area (Å²) in [6.45, 7) is 0. The average Bonchev–Trinajstić information content (AvgIpc) is 1.57. The van der Waals surface area contributed by atoms with Gasteiger partial charge in [0.2, 0.25) is 10.0 Å². The third kappa shape index (κ3) is 1.82. The molecule has 2 atom stereocenters. The van der Waals surface area contributed by atoms with E-state index in [2.05, 4.69) is 0 Å². The number of hydrogen-bond acceptors (Lipinski definition) is 3. The molecule has 1 rings (SSSR count). The van der Waals surface area contributed by atoms with Gasteiger partial charge in [-0.2, -0.15) is 0 Å². The van der Waals surface area contributed by atoms with E-state index >= 15 is 0 Å². The molecule has 62 valence electrons. The lowest BCUT2D eigenvalue weighted by Crippen LogP contribution is -2.51. The van der Waals surface area contributed by atoms with Gasteiger partial charge in [-0.25, -0.2) is 13.6 Å². The van der Waals surface area contributed by atoms with Crippen LogP contribution in [0.5, 0.6) is 0 Å². The molecule has 1 saturated carbocycles. The van der Waals surface area contributed by atoms with Crippen LogP contribution in [-0.4, -0.2) is 19.7 Å². The van der Waals surface area contributed by atoms with Gasteiger partial charge in [0.25, 0.3) is 0 Å². The first-order chi connectivity index (χ1) is 4.02. The van der Waals surface area contributed by atoms with Gasteiger partial charge in [0.1, 0.15) is 0 Å². The smallest absolute Gasteiger partial charge is 0.213 e. The van der Waals surface area contributed by atoms with Crippen molar-refractivity contribution in [1.29, 1.82) is 0 Å². The van der Waals surface area contributed by atoms with E-state index in [4.69, 9.17) is 10.9 Å². The summed E-state index contributed by atoms with van der Waals surface area (Å²) in [5.74, 6) is 0. The van der Waals surface area contributed by atoms with Crippen LogP contribution in [-0.2, 0) is 10.0 Å². The third-order valence-corrected chi connectivity index (χ3v) is 3.11. The van der Waals surface area contributed by atoms with E-state index in [9.17, 15) is 8.42 Å². The predicted molar refractivity (Wildman–Crippen MR) is 41.4 cm³/mol. The summed E-state index contributed by atoms with van der Waals surface area (Å²) in [6.07, 6.45) is 1.40. The predicted octanol–water partition coefficient (Wildman–Crippen LogP) is -0.814. The minimum absolute atomic E-state index is 0. The average molecular weight is 187 g/mol. The maximum Gasteiger partial charge on any atom is 0.213 e. The highest BCUT2D eigenvalue weighted by Gasteiger charge is 2.36. The van der Waals surface area contributed by atoms with Gasteiger partial charge >= 0.3 is 0 Å². The van der Waals surface area contributed by atoms with Crippen molar-refractivity contribution in [3.05, 3.63) is 0 Å². The fraction of sp³-hybridized carbons (Fsp3) is 1.00. The van der Waals surface area contributed by atoms with E-state index in [1.165, 1.54) is 0 Å². The molecule has 4 N–H and O–H groups in total. The second kappa shape index (κ2) is 3.04. The molecule has 1 aliphatic rings. The van der Waals surface area contributed by atoms with Crippen molar-refractivity contribution in [3.8, 4) is 0 Å². The molecular formula is C4H11ClN2O2S. The van der Waals surface area contributed by atoms with Gasteiger partial charge in [-0.1, -0.05) is 0 Å². The van der Waals surface area contributed by atoms with E-state index in [0.29, 0.717) is 6.42 Å². The summed E-state index contributed by atoms with van der Waals surface area (Å²) < 4.78 is 21.0. The molecule has 6 heteroatoms. The van der Waals surface area contributed by atoms with Crippen molar-refractivity contribution in [2.45, 2.75) is 24.1 Å². The first-order valence-electron chi connectivity index (χ1n) is 2.79. The first-order valence-corrected chi connectivity index (χ1v) is 4.40. The molecule has 0 aromatic carbocycles. The third-order valence-electron chi connectivity index (χ3n) is 1.68. The summed E-state index contributed by atoms with van der Waals surface area (Å²) in [6, 6.07) is -0.222. The summed E-state index contributed by atoms with van der Waals surface area (Å²) in [4.78, 5) is 0. The number of primary sulfonamides is 1. The summed E-state index contributed by atoms with van der Waals surface area (Å²) in [5, 5.41) is 4.35. The van der Waals surface area contributed by atoms with Crippen molar-refractivity contribution in [1.82, 2.24) is 0 Å². The fourth-order valence-electron chi connectivity index (χ4n) is 0.903. The Morgan fingerprint density at radius 2 is 1.80 bits per heavy atom. The highest BCUT2D eigenvalue weighted by atomic mass is 35.5. The standard InChI is InChI=1S/C4H10N2O2S.ClH/c5-3-1-2-4(3)9(6,7)8;/h3-4H,1-2,5H2,(H2,6,7,8);1H/t3-,4-;/m1./s1. The number of halogens is 1. The van der Waals surface area contributed by atoms with Crippen molar-refractivity contribution in [3.63, 3.8) is 0 Å². The molecular weight excluding hydrogens is 176 g/mol. The van der Waals surface area contributed by atoms with E-state index in [1.54, 1.807) is 0 Å². The minimum Gasteiger partial charge on any atom is -0.326 e. The van der Waals surface area contributed by atoms with Crippen LogP contribution < -0.4 is 10.9 Å². The monoisotopic (exact) mass is 186 g/mol. The van der Waals surface area contributed by atoms with Gasteiger partial charge < -0.3 is 5.73 Å². The van der Waals surface area contributed by atoms with Crippen LogP contribution in [0.4, 0.5) is 0 Å². The zero-order valence-corrected chi connectivity index (χ0v) is 6.99. The SMILES string of the molecule is Cl.N[C@@H]1CC[C@H]1S(N)(=O)=O. The van der Waals surface area contributed by atoms with E-state index < -0.39 is 15.3 Å². The summed E-state index contributed by atoms with van der Waals surface area (Å²) in [7, 11) is -3.34. The number of rotatable bonds is 1. The zero-order chi connectivity index (χ0) is 7.07. The molecule has 0 aromatic rings. The minimum atomic E-state index is -3.34. The lowest BCUT2D eigenvalue weighted by atomic mass is 9.93.